The molecular weight excluding hydrogens is 396 g/mol. The Morgan fingerprint density at radius 2 is 2.07 bits per heavy atom. The number of carbonyl (C=O) groups is 2. The molecule has 2 amide bonds. The summed E-state index contributed by atoms with van der Waals surface area (Å²) in [5, 5.41) is 17.2. The van der Waals surface area contributed by atoms with Gasteiger partial charge in [-0.2, -0.15) is 5.10 Å². The number of ether oxygens (including phenoxy) is 3. The number of nitro groups is 1. The molecule has 0 aliphatic carbocycles. The monoisotopic (exact) mass is 414 g/mol. The van der Waals surface area contributed by atoms with Gasteiger partial charge < -0.3 is 19.5 Å². The molecule has 0 radical (unpaired) electrons. The zero-order chi connectivity index (χ0) is 21.5. The summed E-state index contributed by atoms with van der Waals surface area (Å²) in [6, 6.07) is 11.2. The van der Waals surface area contributed by atoms with Gasteiger partial charge >= 0.3 is 5.69 Å². The molecule has 0 saturated heterocycles. The van der Waals surface area contributed by atoms with E-state index in [1.165, 1.54) is 25.5 Å². The number of nitro benzene ring substituents is 1. The second-order valence-electron chi connectivity index (χ2n) is 6.06. The van der Waals surface area contributed by atoms with Gasteiger partial charge in [0.15, 0.2) is 17.2 Å². The average molecular weight is 414 g/mol. The van der Waals surface area contributed by atoms with Gasteiger partial charge in [0.05, 0.1) is 24.8 Å². The van der Waals surface area contributed by atoms with Gasteiger partial charge in [-0.05, 0) is 24.3 Å². The molecule has 0 spiro atoms. The molecule has 1 heterocycles. The second kappa shape index (κ2) is 9.37. The van der Waals surface area contributed by atoms with Crippen molar-refractivity contribution in [3.8, 4) is 17.2 Å². The van der Waals surface area contributed by atoms with Crippen LogP contribution in [0, 0.1) is 10.1 Å². The lowest BCUT2D eigenvalue weighted by Crippen LogP contribution is -2.46. The summed E-state index contributed by atoms with van der Waals surface area (Å²) in [6.07, 6.45) is 0.359. The summed E-state index contributed by atoms with van der Waals surface area (Å²) in [7, 11) is 1.33. The Hall–Kier alpha value is -4.15. The lowest BCUT2D eigenvalue weighted by molar-refractivity contribution is -0.385. The summed E-state index contributed by atoms with van der Waals surface area (Å²) in [6.45, 7) is -0.306. The van der Waals surface area contributed by atoms with E-state index in [4.69, 9.17) is 14.2 Å². The SMILES string of the molecule is COc1ccc(C=NNC(=O)CNC(=O)C2COc3ccccc3O2)cc1[N+](=O)[O-]. The van der Waals surface area contributed by atoms with E-state index in [1.807, 2.05) is 0 Å². The van der Waals surface area contributed by atoms with Crippen LogP contribution in [-0.2, 0) is 9.59 Å². The highest BCUT2D eigenvalue weighted by molar-refractivity contribution is 5.88. The lowest BCUT2D eigenvalue weighted by atomic mass is 10.2. The number of nitrogens with one attached hydrogen (secondary N) is 2. The summed E-state index contributed by atoms with van der Waals surface area (Å²) in [5.74, 6) is 0.0218. The van der Waals surface area contributed by atoms with Crippen molar-refractivity contribution in [2.75, 3.05) is 20.3 Å². The first-order chi connectivity index (χ1) is 14.5. The van der Waals surface area contributed by atoms with E-state index in [9.17, 15) is 19.7 Å². The van der Waals surface area contributed by atoms with E-state index in [0.717, 1.165) is 0 Å². The normalized spacial score (nSPS) is 14.8. The van der Waals surface area contributed by atoms with E-state index in [0.29, 0.717) is 17.1 Å². The number of hydrogen-bond donors (Lipinski definition) is 2. The Bertz CT molecular complexity index is 993. The van der Waals surface area contributed by atoms with Gasteiger partial charge in [0.1, 0.15) is 6.61 Å². The van der Waals surface area contributed by atoms with Crippen molar-refractivity contribution < 1.29 is 28.7 Å². The van der Waals surface area contributed by atoms with Crippen LogP contribution in [0.5, 0.6) is 17.2 Å². The Labute approximate surface area is 170 Å². The van der Waals surface area contributed by atoms with Crippen LogP contribution in [0.2, 0.25) is 0 Å². The van der Waals surface area contributed by atoms with E-state index >= 15 is 0 Å². The minimum atomic E-state index is -0.879. The van der Waals surface area contributed by atoms with Crippen LogP contribution in [0.3, 0.4) is 0 Å². The van der Waals surface area contributed by atoms with E-state index in [1.54, 1.807) is 30.3 Å². The lowest BCUT2D eigenvalue weighted by Gasteiger charge is -2.25. The number of para-hydroxylation sites is 2. The van der Waals surface area contributed by atoms with Gasteiger partial charge in [-0.1, -0.05) is 12.1 Å². The molecule has 2 aromatic carbocycles. The van der Waals surface area contributed by atoms with Crippen LogP contribution in [0.15, 0.2) is 47.6 Å². The minimum Gasteiger partial charge on any atom is -0.490 e. The zero-order valence-corrected chi connectivity index (χ0v) is 15.9. The number of hydrazone groups is 1. The highest BCUT2D eigenvalue weighted by atomic mass is 16.6. The molecule has 1 atom stereocenters. The van der Waals surface area contributed by atoms with Crippen molar-refractivity contribution in [2.45, 2.75) is 6.10 Å². The molecule has 3 rings (SSSR count). The maximum absolute atomic E-state index is 12.2. The first-order valence-corrected chi connectivity index (χ1v) is 8.78. The van der Waals surface area contributed by atoms with Crippen LogP contribution in [0.25, 0.3) is 0 Å². The highest BCUT2D eigenvalue weighted by Crippen LogP contribution is 2.30. The fourth-order valence-corrected chi connectivity index (χ4v) is 2.58. The number of nitrogens with zero attached hydrogens (tertiary/aromatic N) is 2. The number of rotatable bonds is 7. The number of amides is 2. The fourth-order valence-electron chi connectivity index (χ4n) is 2.58. The van der Waals surface area contributed by atoms with Crippen molar-refractivity contribution in [1.82, 2.24) is 10.7 Å². The fraction of sp³-hybridized carbons (Fsp3) is 0.211. The maximum atomic E-state index is 12.2. The Balaban J connectivity index is 1.48. The van der Waals surface area contributed by atoms with Crippen molar-refractivity contribution in [1.29, 1.82) is 0 Å². The van der Waals surface area contributed by atoms with Gasteiger partial charge in [0.2, 0.25) is 6.10 Å². The Morgan fingerprint density at radius 3 is 2.80 bits per heavy atom. The molecule has 0 saturated carbocycles. The third-order valence-corrected chi connectivity index (χ3v) is 4.03. The standard InChI is InChI=1S/C19H18N4O7/c1-28-14-7-6-12(8-13(14)23(26)27)9-21-22-18(24)10-20-19(25)17-11-29-15-4-2-3-5-16(15)30-17/h2-9,17H,10-11H2,1H3,(H,20,25)(H,22,24). The number of fused-ring (bicyclic) bond motifs is 1. The van der Waals surface area contributed by atoms with E-state index in [2.05, 4.69) is 15.8 Å². The topological polar surface area (TPSA) is 141 Å². The summed E-state index contributed by atoms with van der Waals surface area (Å²) < 4.78 is 15.9. The molecule has 1 aliphatic rings. The number of carbonyl (C=O) groups excluding carboxylic acids is 2. The van der Waals surface area contributed by atoms with Gasteiger partial charge in [-0.25, -0.2) is 5.43 Å². The maximum Gasteiger partial charge on any atom is 0.311 e. The molecule has 0 aromatic heterocycles. The first-order valence-electron chi connectivity index (χ1n) is 8.78. The molecule has 156 valence electrons. The molecule has 2 N–H and O–H groups in total. The van der Waals surface area contributed by atoms with Gasteiger partial charge in [-0.15, -0.1) is 0 Å². The summed E-state index contributed by atoms with van der Waals surface area (Å²) >= 11 is 0. The third-order valence-electron chi connectivity index (χ3n) is 4.03. The van der Waals surface area contributed by atoms with Gasteiger partial charge in [0.25, 0.3) is 11.8 Å². The quantitative estimate of drug-likeness (QED) is 0.391. The number of methoxy groups -OCH3 is 1. The number of benzene rings is 2. The molecule has 0 fully saturated rings. The van der Waals surface area contributed by atoms with Crippen LogP contribution in [-0.4, -0.2) is 49.3 Å². The first kappa shape index (κ1) is 20.6. The van der Waals surface area contributed by atoms with Gasteiger partial charge in [0, 0.05) is 11.6 Å². The molecular formula is C19H18N4O7. The molecule has 1 aliphatic heterocycles. The molecule has 2 aromatic rings. The highest BCUT2D eigenvalue weighted by Gasteiger charge is 2.27. The second-order valence-corrected chi connectivity index (χ2v) is 6.06. The molecule has 30 heavy (non-hydrogen) atoms. The summed E-state index contributed by atoms with van der Waals surface area (Å²) in [5.41, 5.74) is 2.39. The molecule has 11 nitrogen and oxygen atoms in total. The van der Waals surface area contributed by atoms with E-state index < -0.39 is 22.8 Å². The van der Waals surface area contributed by atoms with Crippen molar-refractivity contribution >= 4 is 23.7 Å². The van der Waals surface area contributed by atoms with Crippen LogP contribution < -0.4 is 25.0 Å². The van der Waals surface area contributed by atoms with Crippen LogP contribution in [0.1, 0.15) is 5.56 Å². The number of hydrogen-bond acceptors (Lipinski definition) is 8. The van der Waals surface area contributed by atoms with E-state index in [-0.39, 0.29) is 24.6 Å². The van der Waals surface area contributed by atoms with Crippen molar-refractivity contribution in [3.05, 3.63) is 58.1 Å². The molecule has 11 heteroatoms. The van der Waals surface area contributed by atoms with Crippen molar-refractivity contribution in [3.63, 3.8) is 0 Å². The third kappa shape index (κ3) is 5.01. The Morgan fingerprint density at radius 1 is 1.30 bits per heavy atom. The Kier molecular flexibility index (Phi) is 6.42. The predicted molar refractivity (Wildman–Crippen MR) is 105 cm³/mol. The predicted octanol–water partition coefficient (Wildman–Crippen LogP) is 1.01. The van der Waals surface area contributed by atoms with Gasteiger partial charge in [-0.3, -0.25) is 19.7 Å². The summed E-state index contributed by atoms with van der Waals surface area (Å²) in [4.78, 5) is 34.4. The minimum absolute atomic E-state index is 0.0267. The molecule has 0 bridgehead atoms. The van der Waals surface area contributed by atoms with Crippen molar-refractivity contribution in [2.24, 2.45) is 5.10 Å². The smallest absolute Gasteiger partial charge is 0.311 e. The largest absolute Gasteiger partial charge is 0.490 e. The molecule has 1 unspecified atom stereocenters. The van der Waals surface area contributed by atoms with Crippen LogP contribution in [0.4, 0.5) is 5.69 Å². The van der Waals surface area contributed by atoms with Crippen LogP contribution >= 0.6 is 0 Å². The zero-order valence-electron chi connectivity index (χ0n) is 15.9. The average Bonchev–Trinajstić information content (AvgIpc) is 2.77.